The van der Waals surface area contributed by atoms with Gasteiger partial charge < -0.3 is 4.74 Å². The molecule has 0 unspecified atom stereocenters. The van der Waals surface area contributed by atoms with Gasteiger partial charge >= 0.3 is 0 Å². The Labute approximate surface area is 160 Å². The predicted molar refractivity (Wildman–Crippen MR) is 107 cm³/mol. The summed E-state index contributed by atoms with van der Waals surface area (Å²) in [5, 5.41) is 0. The van der Waals surface area contributed by atoms with E-state index >= 15 is 0 Å². The summed E-state index contributed by atoms with van der Waals surface area (Å²) in [6.07, 6.45) is 6.55. The SMILES string of the molecule is COc1ccncc1-c1cccnc1Cc1ccc(C(=O)CC(C)C)cc1. The first kappa shape index (κ1) is 18.8. The lowest BCUT2D eigenvalue weighted by atomic mass is 9.97. The van der Waals surface area contributed by atoms with Crippen molar-refractivity contribution in [3.05, 3.63) is 77.9 Å². The normalized spacial score (nSPS) is 10.8. The topological polar surface area (TPSA) is 52.1 Å². The third-order valence-electron chi connectivity index (χ3n) is 4.42. The predicted octanol–water partition coefficient (Wildman–Crippen LogP) is 4.97. The van der Waals surface area contributed by atoms with Gasteiger partial charge in [0.15, 0.2) is 5.78 Å². The van der Waals surface area contributed by atoms with Gasteiger partial charge in [-0.15, -0.1) is 0 Å². The number of carbonyl (C=O) groups is 1. The van der Waals surface area contributed by atoms with Gasteiger partial charge in [-0.3, -0.25) is 14.8 Å². The van der Waals surface area contributed by atoms with E-state index in [0.29, 0.717) is 18.8 Å². The molecule has 0 aliphatic heterocycles. The van der Waals surface area contributed by atoms with Crippen LogP contribution < -0.4 is 4.74 Å². The lowest BCUT2D eigenvalue weighted by molar-refractivity contribution is 0.0968. The van der Waals surface area contributed by atoms with Crippen molar-refractivity contribution in [2.75, 3.05) is 7.11 Å². The number of hydrogen-bond donors (Lipinski definition) is 0. The number of ether oxygens (including phenoxy) is 1. The molecule has 0 aliphatic rings. The van der Waals surface area contributed by atoms with Gasteiger partial charge in [-0.2, -0.15) is 0 Å². The second-order valence-electron chi connectivity index (χ2n) is 6.97. The molecule has 138 valence electrons. The summed E-state index contributed by atoms with van der Waals surface area (Å²) in [7, 11) is 1.65. The van der Waals surface area contributed by atoms with Crippen LogP contribution in [-0.4, -0.2) is 22.9 Å². The lowest BCUT2D eigenvalue weighted by Gasteiger charge is -2.12. The highest BCUT2D eigenvalue weighted by atomic mass is 16.5. The first-order valence-corrected chi connectivity index (χ1v) is 9.13. The number of pyridine rings is 2. The van der Waals surface area contributed by atoms with Crippen molar-refractivity contribution in [2.24, 2.45) is 5.92 Å². The van der Waals surface area contributed by atoms with Crippen molar-refractivity contribution in [2.45, 2.75) is 26.7 Å². The Hall–Kier alpha value is -3.01. The number of rotatable bonds is 7. The molecule has 3 rings (SSSR count). The molecule has 3 aromatic rings. The Morgan fingerprint density at radius 2 is 1.81 bits per heavy atom. The van der Waals surface area contributed by atoms with Gasteiger partial charge in [0.1, 0.15) is 5.75 Å². The van der Waals surface area contributed by atoms with Gasteiger partial charge in [-0.25, -0.2) is 0 Å². The number of Topliss-reactive ketones (excluding diaryl/α,β-unsaturated/α-hetero) is 1. The van der Waals surface area contributed by atoms with Crippen LogP contribution >= 0.6 is 0 Å². The van der Waals surface area contributed by atoms with Crippen LogP contribution in [0.25, 0.3) is 11.1 Å². The number of ketones is 1. The molecule has 0 amide bonds. The standard InChI is InChI=1S/C23H24N2O2/c1-16(2)13-22(26)18-8-6-17(7-9-18)14-21-19(5-4-11-25-21)20-15-24-12-10-23(20)27-3/h4-12,15-16H,13-14H2,1-3H3. The van der Waals surface area contributed by atoms with Gasteiger partial charge in [-0.1, -0.05) is 44.2 Å². The molecule has 0 radical (unpaired) electrons. The van der Waals surface area contributed by atoms with E-state index in [9.17, 15) is 4.79 Å². The summed E-state index contributed by atoms with van der Waals surface area (Å²) in [5.41, 5.74) is 4.75. The quantitative estimate of drug-likeness (QED) is 0.558. The summed E-state index contributed by atoms with van der Waals surface area (Å²) in [6.45, 7) is 4.11. The smallest absolute Gasteiger partial charge is 0.163 e. The van der Waals surface area contributed by atoms with Crippen LogP contribution in [0.15, 0.2) is 61.1 Å². The molecule has 4 nitrogen and oxygen atoms in total. The Kier molecular flexibility index (Phi) is 5.97. The van der Waals surface area contributed by atoms with Crippen molar-refractivity contribution in [1.29, 1.82) is 0 Å². The summed E-state index contributed by atoms with van der Waals surface area (Å²) >= 11 is 0. The van der Waals surface area contributed by atoms with Gasteiger partial charge in [0.05, 0.1) is 12.8 Å². The second kappa shape index (κ2) is 8.58. The van der Waals surface area contributed by atoms with Gasteiger partial charge in [-0.05, 0) is 23.6 Å². The van der Waals surface area contributed by atoms with Crippen molar-refractivity contribution >= 4 is 5.78 Å². The van der Waals surface area contributed by atoms with Crippen LogP contribution in [0.3, 0.4) is 0 Å². The molecule has 1 aromatic carbocycles. The third-order valence-corrected chi connectivity index (χ3v) is 4.42. The number of nitrogens with zero attached hydrogens (tertiary/aromatic N) is 2. The minimum Gasteiger partial charge on any atom is -0.496 e. The highest BCUT2D eigenvalue weighted by Crippen LogP contribution is 2.31. The molecule has 0 aliphatic carbocycles. The van der Waals surface area contributed by atoms with Crippen molar-refractivity contribution in [3.8, 4) is 16.9 Å². The molecule has 2 heterocycles. The molecule has 27 heavy (non-hydrogen) atoms. The minimum absolute atomic E-state index is 0.190. The molecule has 2 aromatic heterocycles. The monoisotopic (exact) mass is 360 g/mol. The maximum atomic E-state index is 12.2. The van der Waals surface area contributed by atoms with E-state index in [1.54, 1.807) is 25.7 Å². The van der Waals surface area contributed by atoms with Gasteiger partial charge in [0.25, 0.3) is 0 Å². The number of benzene rings is 1. The molecule has 0 N–H and O–H groups in total. The van der Waals surface area contributed by atoms with Crippen LogP contribution in [0.2, 0.25) is 0 Å². The van der Waals surface area contributed by atoms with E-state index < -0.39 is 0 Å². The Balaban J connectivity index is 1.86. The van der Waals surface area contributed by atoms with Crippen molar-refractivity contribution in [1.82, 2.24) is 9.97 Å². The van der Waals surface area contributed by atoms with E-state index in [1.165, 1.54) is 0 Å². The zero-order chi connectivity index (χ0) is 19.2. The van der Waals surface area contributed by atoms with Crippen molar-refractivity contribution < 1.29 is 9.53 Å². The fraction of sp³-hybridized carbons (Fsp3) is 0.261. The van der Waals surface area contributed by atoms with Crippen LogP contribution in [-0.2, 0) is 6.42 Å². The van der Waals surface area contributed by atoms with Crippen LogP contribution in [0.5, 0.6) is 5.75 Å². The Morgan fingerprint density at radius 3 is 2.52 bits per heavy atom. The largest absolute Gasteiger partial charge is 0.496 e. The average molecular weight is 360 g/mol. The van der Waals surface area contributed by atoms with Crippen LogP contribution in [0.1, 0.15) is 41.9 Å². The molecule has 0 saturated heterocycles. The first-order valence-electron chi connectivity index (χ1n) is 9.13. The molecule has 0 atom stereocenters. The molecule has 0 bridgehead atoms. The maximum Gasteiger partial charge on any atom is 0.163 e. The number of carbonyl (C=O) groups excluding carboxylic acids is 1. The summed E-state index contributed by atoms with van der Waals surface area (Å²) in [4.78, 5) is 21.0. The molecular weight excluding hydrogens is 336 g/mol. The van der Waals surface area contributed by atoms with Crippen LogP contribution in [0.4, 0.5) is 0 Å². The minimum atomic E-state index is 0.190. The molecule has 0 fully saturated rings. The summed E-state index contributed by atoms with van der Waals surface area (Å²) in [6, 6.07) is 13.6. The Morgan fingerprint density at radius 1 is 1.04 bits per heavy atom. The highest BCUT2D eigenvalue weighted by molar-refractivity contribution is 5.96. The second-order valence-corrected chi connectivity index (χ2v) is 6.97. The molecule has 0 saturated carbocycles. The van der Waals surface area contributed by atoms with E-state index in [-0.39, 0.29) is 5.78 Å². The van der Waals surface area contributed by atoms with E-state index in [0.717, 1.165) is 33.7 Å². The zero-order valence-corrected chi connectivity index (χ0v) is 16.0. The van der Waals surface area contributed by atoms with Crippen LogP contribution in [0, 0.1) is 5.92 Å². The van der Waals surface area contributed by atoms with Gasteiger partial charge in [0, 0.05) is 48.1 Å². The maximum absolute atomic E-state index is 12.2. The first-order chi connectivity index (χ1) is 13.1. The van der Waals surface area contributed by atoms with E-state index in [4.69, 9.17) is 4.74 Å². The lowest BCUT2D eigenvalue weighted by Crippen LogP contribution is -2.04. The summed E-state index contributed by atoms with van der Waals surface area (Å²) in [5.74, 6) is 1.33. The Bertz CT molecular complexity index is 918. The fourth-order valence-corrected chi connectivity index (χ4v) is 3.08. The highest BCUT2D eigenvalue weighted by Gasteiger charge is 2.13. The average Bonchev–Trinajstić information content (AvgIpc) is 2.68. The third kappa shape index (κ3) is 4.59. The zero-order valence-electron chi connectivity index (χ0n) is 16.0. The summed E-state index contributed by atoms with van der Waals surface area (Å²) < 4.78 is 5.47. The molecule has 4 heteroatoms. The fourth-order valence-electron chi connectivity index (χ4n) is 3.08. The molecular formula is C23H24N2O2. The number of methoxy groups -OCH3 is 1. The molecule has 0 spiro atoms. The van der Waals surface area contributed by atoms with E-state index in [2.05, 4.69) is 23.8 Å². The van der Waals surface area contributed by atoms with E-state index in [1.807, 2.05) is 42.5 Å². The number of hydrogen-bond acceptors (Lipinski definition) is 4. The van der Waals surface area contributed by atoms with Crippen molar-refractivity contribution in [3.63, 3.8) is 0 Å². The van der Waals surface area contributed by atoms with Gasteiger partial charge in [0.2, 0.25) is 0 Å². The number of aromatic nitrogens is 2.